The fraction of sp³-hybridized carbons (Fsp3) is 0.333. The van der Waals surface area contributed by atoms with Crippen molar-refractivity contribution in [3.63, 3.8) is 0 Å². The highest BCUT2D eigenvalue weighted by Crippen LogP contribution is 2.21. The second-order valence-electron chi connectivity index (χ2n) is 2.69. The van der Waals surface area contributed by atoms with Gasteiger partial charge in [0.2, 0.25) is 0 Å². The van der Waals surface area contributed by atoms with Gasteiger partial charge in [-0.15, -0.1) is 0 Å². The lowest BCUT2D eigenvalue weighted by molar-refractivity contribution is 0.926. The highest BCUT2D eigenvalue weighted by molar-refractivity contribution is 7.47. The van der Waals surface area contributed by atoms with Gasteiger partial charge in [-0.25, -0.2) is 0 Å². The zero-order valence-corrected chi connectivity index (χ0v) is 6.93. The summed E-state index contributed by atoms with van der Waals surface area (Å²) in [6.07, 6.45) is 4.12. The lowest BCUT2D eigenvalue weighted by Gasteiger charge is -2.13. The predicted octanol–water partition coefficient (Wildman–Crippen LogP) is 1.94. The maximum Gasteiger partial charge on any atom is -0.0240 e. The summed E-state index contributed by atoms with van der Waals surface area (Å²) in [7, 11) is 1.07. The van der Waals surface area contributed by atoms with Crippen LogP contribution in [0.2, 0.25) is 0 Å². The summed E-state index contributed by atoms with van der Waals surface area (Å²) in [5.74, 6) is 0. The van der Waals surface area contributed by atoms with Crippen molar-refractivity contribution in [2.45, 2.75) is 12.8 Å². The average molecular weight is 150 g/mol. The molecule has 0 aliphatic carbocycles. The summed E-state index contributed by atoms with van der Waals surface area (Å²) in [5.41, 5.74) is 1.59. The van der Waals surface area contributed by atoms with E-state index in [-0.39, 0.29) is 0 Å². The van der Waals surface area contributed by atoms with Crippen LogP contribution in [0.5, 0.6) is 0 Å². The number of fused-ring (bicyclic) bond motifs is 1. The van der Waals surface area contributed by atoms with Gasteiger partial charge in [-0.2, -0.15) is 0 Å². The first-order chi connectivity index (χ1) is 4.97. The van der Waals surface area contributed by atoms with Crippen LogP contribution in [0.1, 0.15) is 12.0 Å². The van der Waals surface area contributed by atoms with Crippen molar-refractivity contribution in [2.75, 3.05) is 6.16 Å². The number of rotatable bonds is 0. The molecule has 0 N–H and O–H groups in total. The smallest absolute Gasteiger partial charge is 0.0240 e. The minimum Gasteiger partial charge on any atom is -0.0901 e. The number of hydrogen-bond donors (Lipinski definition) is 0. The van der Waals surface area contributed by atoms with Gasteiger partial charge in [0.05, 0.1) is 0 Å². The van der Waals surface area contributed by atoms with Gasteiger partial charge in [-0.1, -0.05) is 32.8 Å². The minimum atomic E-state index is 1.07. The lowest BCUT2D eigenvalue weighted by atomic mass is 10.1. The maximum absolute atomic E-state index is 2.27. The molecule has 0 bridgehead atoms. The standard InChI is InChI=1S/C9H11P/c1-2-6-9-8(4-1)5-3-7-10-9/h1-2,4,6,10H,3,5,7H2. The van der Waals surface area contributed by atoms with Gasteiger partial charge in [-0.05, 0) is 29.9 Å². The molecule has 0 aromatic heterocycles. The third-order valence-electron chi connectivity index (χ3n) is 1.96. The summed E-state index contributed by atoms with van der Waals surface area (Å²) >= 11 is 0. The van der Waals surface area contributed by atoms with E-state index in [0.717, 1.165) is 8.58 Å². The maximum atomic E-state index is 2.27. The molecule has 52 valence electrons. The first kappa shape index (κ1) is 6.37. The van der Waals surface area contributed by atoms with Crippen molar-refractivity contribution < 1.29 is 0 Å². The Hall–Kier alpha value is -0.350. The summed E-state index contributed by atoms with van der Waals surface area (Å²) in [5, 5.41) is 1.61. The third kappa shape index (κ3) is 1.09. The molecule has 1 atom stereocenters. The van der Waals surface area contributed by atoms with E-state index in [1.54, 1.807) is 10.9 Å². The average Bonchev–Trinajstić information content (AvgIpc) is 2.05. The SMILES string of the molecule is c1ccc2c(c1)CCCP2. The molecule has 0 spiro atoms. The normalized spacial score (nSPS) is 18.8. The summed E-state index contributed by atoms with van der Waals surface area (Å²) < 4.78 is 0. The number of benzene rings is 1. The van der Waals surface area contributed by atoms with E-state index in [9.17, 15) is 0 Å². The molecule has 2 rings (SSSR count). The third-order valence-corrected chi connectivity index (χ3v) is 3.43. The fourth-order valence-electron chi connectivity index (χ4n) is 1.41. The van der Waals surface area contributed by atoms with E-state index in [0.29, 0.717) is 0 Å². The minimum absolute atomic E-state index is 1.07. The van der Waals surface area contributed by atoms with Crippen LogP contribution in [0.25, 0.3) is 0 Å². The van der Waals surface area contributed by atoms with Crippen LogP contribution < -0.4 is 5.30 Å². The van der Waals surface area contributed by atoms with Crippen LogP contribution >= 0.6 is 8.58 Å². The molecule has 0 fully saturated rings. The Kier molecular flexibility index (Phi) is 1.73. The van der Waals surface area contributed by atoms with E-state index >= 15 is 0 Å². The van der Waals surface area contributed by atoms with Crippen LogP contribution in [0, 0.1) is 0 Å². The Labute approximate surface area is 63.4 Å². The van der Waals surface area contributed by atoms with Crippen molar-refractivity contribution in [1.82, 2.24) is 0 Å². The Bertz CT molecular complexity index is 205. The molecule has 1 unspecified atom stereocenters. The molecular formula is C9H11P. The van der Waals surface area contributed by atoms with Gasteiger partial charge in [0.15, 0.2) is 0 Å². The Morgan fingerprint density at radius 2 is 2.10 bits per heavy atom. The quantitative estimate of drug-likeness (QED) is 0.496. The van der Waals surface area contributed by atoms with Crippen LogP contribution in [0.4, 0.5) is 0 Å². The zero-order chi connectivity index (χ0) is 6.81. The molecule has 0 nitrogen and oxygen atoms in total. The molecular weight excluding hydrogens is 139 g/mol. The first-order valence-corrected chi connectivity index (χ1v) is 4.99. The molecule has 0 amide bonds. The van der Waals surface area contributed by atoms with Crippen LogP contribution in [-0.4, -0.2) is 6.16 Å². The van der Waals surface area contributed by atoms with Gasteiger partial charge < -0.3 is 0 Å². The number of hydrogen-bond acceptors (Lipinski definition) is 0. The van der Waals surface area contributed by atoms with E-state index < -0.39 is 0 Å². The molecule has 10 heavy (non-hydrogen) atoms. The highest BCUT2D eigenvalue weighted by atomic mass is 31.1. The van der Waals surface area contributed by atoms with Crippen molar-refractivity contribution in [3.8, 4) is 0 Å². The second-order valence-corrected chi connectivity index (χ2v) is 4.08. The van der Waals surface area contributed by atoms with Gasteiger partial charge in [0, 0.05) is 0 Å². The van der Waals surface area contributed by atoms with Crippen molar-refractivity contribution in [2.24, 2.45) is 0 Å². The molecule has 1 aliphatic rings. The molecule has 0 radical (unpaired) electrons. The molecule has 1 aromatic rings. The largest absolute Gasteiger partial charge is 0.0901 e. The number of aryl methyl sites for hydroxylation is 1. The van der Waals surface area contributed by atoms with E-state index in [4.69, 9.17) is 0 Å². The van der Waals surface area contributed by atoms with Crippen LogP contribution in [0.3, 0.4) is 0 Å². The van der Waals surface area contributed by atoms with Gasteiger partial charge in [0.1, 0.15) is 0 Å². The monoisotopic (exact) mass is 150 g/mol. The van der Waals surface area contributed by atoms with Crippen molar-refractivity contribution in [3.05, 3.63) is 29.8 Å². The second kappa shape index (κ2) is 2.72. The van der Waals surface area contributed by atoms with Gasteiger partial charge in [-0.3, -0.25) is 0 Å². The Morgan fingerprint density at radius 1 is 1.20 bits per heavy atom. The van der Waals surface area contributed by atoms with Crippen LogP contribution in [-0.2, 0) is 6.42 Å². The molecule has 1 aromatic carbocycles. The fourth-order valence-corrected chi connectivity index (χ4v) is 2.69. The lowest BCUT2D eigenvalue weighted by Crippen LogP contribution is -2.09. The van der Waals surface area contributed by atoms with Crippen LogP contribution in [0.15, 0.2) is 24.3 Å². The summed E-state index contributed by atoms with van der Waals surface area (Å²) in [6, 6.07) is 8.83. The van der Waals surface area contributed by atoms with E-state index in [2.05, 4.69) is 24.3 Å². The molecule has 0 saturated heterocycles. The topological polar surface area (TPSA) is 0 Å². The van der Waals surface area contributed by atoms with Gasteiger partial charge >= 0.3 is 0 Å². The van der Waals surface area contributed by atoms with E-state index in [1.165, 1.54) is 19.0 Å². The highest BCUT2D eigenvalue weighted by Gasteiger charge is 2.05. The van der Waals surface area contributed by atoms with Crippen molar-refractivity contribution in [1.29, 1.82) is 0 Å². The Balaban J connectivity index is 2.41. The molecule has 0 saturated carbocycles. The van der Waals surface area contributed by atoms with E-state index in [1.807, 2.05) is 0 Å². The molecule has 1 heteroatoms. The molecule has 1 heterocycles. The van der Waals surface area contributed by atoms with Gasteiger partial charge in [0.25, 0.3) is 0 Å². The predicted molar refractivity (Wildman–Crippen MR) is 47.6 cm³/mol. The first-order valence-electron chi connectivity index (χ1n) is 3.78. The Morgan fingerprint density at radius 3 is 3.00 bits per heavy atom. The summed E-state index contributed by atoms with van der Waals surface area (Å²) in [6.45, 7) is 0. The van der Waals surface area contributed by atoms with Crippen molar-refractivity contribution >= 4 is 13.9 Å². The molecule has 1 aliphatic heterocycles. The summed E-state index contributed by atoms with van der Waals surface area (Å²) in [4.78, 5) is 0. The zero-order valence-electron chi connectivity index (χ0n) is 5.93.